The Balaban J connectivity index is 2.29. The lowest BCUT2D eigenvalue weighted by molar-refractivity contribution is -0.165. The molecule has 1 fully saturated rings. The minimum Gasteiger partial charge on any atom is -0.463 e. The number of hydrogen-bond acceptors (Lipinski definition) is 7. The Hall–Kier alpha value is -2.41. The second-order valence-electron chi connectivity index (χ2n) is 5.46. The van der Waals surface area contributed by atoms with Gasteiger partial charge >= 0.3 is 17.9 Å². The van der Waals surface area contributed by atoms with Gasteiger partial charge in [0, 0.05) is 20.8 Å². The van der Waals surface area contributed by atoms with Crippen LogP contribution >= 0.6 is 0 Å². The molecule has 0 aromatic heterocycles. The number of rotatable bonds is 5. The summed E-state index contributed by atoms with van der Waals surface area (Å²) in [5, 5.41) is 0. The molecule has 1 aliphatic rings. The Kier molecular flexibility index (Phi) is 5.92. The minimum absolute atomic E-state index is 0.103. The molecule has 1 aliphatic heterocycles. The molecule has 24 heavy (non-hydrogen) atoms. The highest BCUT2D eigenvalue weighted by atomic mass is 16.6. The molecule has 0 aliphatic carbocycles. The normalized spacial score (nSPS) is 25.8. The highest BCUT2D eigenvalue weighted by molar-refractivity contribution is 5.68. The lowest BCUT2D eigenvalue weighted by Gasteiger charge is -2.23. The molecule has 1 aromatic carbocycles. The van der Waals surface area contributed by atoms with Crippen molar-refractivity contribution in [3.8, 4) is 0 Å². The van der Waals surface area contributed by atoms with Gasteiger partial charge in [0.15, 0.2) is 12.2 Å². The lowest BCUT2D eigenvalue weighted by atomic mass is 10.0. The van der Waals surface area contributed by atoms with E-state index in [2.05, 4.69) is 0 Å². The van der Waals surface area contributed by atoms with E-state index >= 15 is 0 Å². The van der Waals surface area contributed by atoms with Crippen molar-refractivity contribution in [3.63, 3.8) is 0 Å². The van der Waals surface area contributed by atoms with E-state index in [0.29, 0.717) is 0 Å². The van der Waals surface area contributed by atoms with Crippen molar-refractivity contribution in [2.24, 2.45) is 0 Å². The predicted octanol–water partition coefficient (Wildman–Crippen LogP) is 1.55. The molecule has 0 spiro atoms. The van der Waals surface area contributed by atoms with Crippen LogP contribution in [0.1, 0.15) is 32.4 Å². The fraction of sp³-hybridized carbons (Fsp3) is 0.471. The molecule has 4 atom stereocenters. The molecular weight excluding hydrogens is 316 g/mol. The molecule has 130 valence electrons. The van der Waals surface area contributed by atoms with Gasteiger partial charge in [0.1, 0.15) is 18.8 Å². The number of ether oxygens (including phenoxy) is 4. The maximum absolute atomic E-state index is 11.5. The first-order valence-electron chi connectivity index (χ1n) is 7.56. The minimum atomic E-state index is -0.865. The third-order valence-electron chi connectivity index (χ3n) is 3.49. The number of carbonyl (C=O) groups excluding carboxylic acids is 3. The van der Waals surface area contributed by atoms with E-state index in [0.717, 1.165) is 5.56 Å². The van der Waals surface area contributed by atoms with Crippen LogP contribution in [0.5, 0.6) is 0 Å². The zero-order chi connectivity index (χ0) is 17.7. The van der Waals surface area contributed by atoms with Crippen LogP contribution in [0.15, 0.2) is 30.3 Å². The maximum atomic E-state index is 11.5. The van der Waals surface area contributed by atoms with Gasteiger partial charge < -0.3 is 18.9 Å². The Morgan fingerprint density at radius 3 is 2.04 bits per heavy atom. The Labute approximate surface area is 139 Å². The summed E-state index contributed by atoms with van der Waals surface area (Å²) in [4.78, 5) is 34.0. The summed E-state index contributed by atoms with van der Waals surface area (Å²) in [6, 6.07) is 9.13. The van der Waals surface area contributed by atoms with Gasteiger partial charge in [-0.3, -0.25) is 14.4 Å². The average Bonchev–Trinajstić information content (AvgIpc) is 2.83. The molecule has 0 radical (unpaired) electrons. The SMILES string of the molecule is CC(=O)OC[C@H]1O[C@@H](c2ccccc2)[C@H](OC(C)=O)[C@@H]1OC(C)=O. The first-order valence-corrected chi connectivity index (χ1v) is 7.56. The van der Waals surface area contributed by atoms with E-state index in [9.17, 15) is 14.4 Å². The van der Waals surface area contributed by atoms with Gasteiger partial charge in [0.05, 0.1) is 0 Å². The van der Waals surface area contributed by atoms with E-state index in [-0.39, 0.29) is 6.61 Å². The van der Waals surface area contributed by atoms with Gasteiger partial charge in [-0.15, -0.1) is 0 Å². The van der Waals surface area contributed by atoms with Gasteiger partial charge in [0.25, 0.3) is 0 Å². The van der Waals surface area contributed by atoms with Crippen LogP contribution in [0.3, 0.4) is 0 Å². The largest absolute Gasteiger partial charge is 0.463 e. The second-order valence-corrected chi connectivity index (χ2v) is 5.46. The van der Waals surface area contributed by atoms with Crippen LogP contribution in [0.25, 0.3) is 0 Å². The molecule has 0 N–H and O–H groups in total. The van der Waals surface area contributed by atoms with Crippen LogP contribution in [0.2, 0.25) is 0 Å². The van der Waals surface area contributed by atoms with Crippen molar-refractivity contribution >= 4 is 17.9 Å². The number of esters is 3. The lowest BCUT2D eigenvalue weighted by Crippen LogP contribution is -2.40. The first-order chi connectivity index (χ1) is 11.4. The van der Waals surface area contributed by atoms with E-state index in [1.807, 2.05) is 30.3 Å². The highest BCUT2D eigenvalue weighted by Crippen LogP contribution is 2.37. The van der Waals surface area contributed by atoms with Crippen LogP contribution < -0.4 is 0 Å². The quantitative estimate of drug-likeness (QED) is 0.595. The third-order valence-corrected chi connectivity index (χ3v) is 3.49. The molecule has 7 heteroatoms. The molecule has 1 saturated heterocycles. The summed E-state index contributed by atoms with van der Waals surface area (Å²) in [7, 11) is 0. The third kappa shape index (κ3) is 4.55. The monoisotopic (exact) mass is 336 g/mol. The van der Waals surface area contributed by atoms with Crippen molar-refractivity contribution in [2.45, 2.75) is 45.2 Å². The topological polar surface area (TPSA) is 88.1 Å². The molecule has 0 unspecified atom stereocenters. The summed E-state index contributed by atoms with van der Waals surface area (Å²) < 4.78 is 21.5. The summed E-state index contributed by atoms with van der Waals surface area (Å²) in [5.74, 6) is -1.54. The summed E-state index contributed by atoms with van der Waals surface area (Å²) in [6.45, 7) is 3.69. The van der Waals surface area contributed by atoms with Crippen LogP contribution in [0, 0.1) is 0 Å². The molecule has 0 amide bonds. The van der Waals surface area contributed by atoms with Crippen molar-refractivity contribution in [1.82, 2.24) is 0 Å². The highest BCUT2D eigenvalue weighted by Gasteiger charge is 2.50. The van der Waals surface area contributed by atoms with Crippen LogP contribution in [0.4, 0.5) is 0 Å². The van der Waals surface area contributed by atoms with E-state index in [1.54, 1.807) is 0 Å². The zero-order valence-electron chi connectivity index (χ0n) is 13.8. The molecule has 1 aromatic rings. The zero-order valence-corrected chi connectivity index (χ0v) is 13.8. The van der Waals surface area contributed by atoms with Gasteiger partial charge in [-0.1, -0.05) is 30.3 Å². The number of carbonyl (C=O) groups is 3. The smallest absolute Gasteiger partial charge is 0.303 e. The maximum Gasteiger partial charge on any atom is 0.303 e. The van der Waals surface area contributed by atoms with Gasteiger partial charge in [-0.25, -0.2) is 0 Å². The van der Waals surface area contributed by atoms with E-state index in [1.165, 1.54) is 20.8 Å². The summed E-state index contributed by atoms with van der Waals surface area (Å²) in [6.07, 6.45) is -3.04. The standard InChI is InChI=1S/C17H20O7/c1-10(18)21-9-14-16(22-11(2)19)17(23-12(3)20)15(24-14)13-7-5-4-6-8-13/h4-8,14-17H,9H2,1-3H3/t14-,15+,16-,17+/m1/s1. The fourth-order valence-corrected chi connectivity index (χ4v) is 2.63. The van der Waals surface area contributed by atoms with Crippen molar-refractivity contribution in [1.29, 1.82) is 0 Å². The van der Waals surface area contributed by atoms with Gasteiger partial charge in [-0.2, -0.15) is 0 Å². The van der Waals surface area contributed by atoms with E-state index in [4.69, 9.17) is 18.9 Å². The molecule has 2 rings (SSSR count). The Morgan fingerprint density at radius 1 is 0.917 bits per heavy atom. The second kappa shape index (κ2) is 7.92. The number of hydrogen-bond donors (Lipinski definition) is 0. The summed E-state index contributed by atoms with van der Waals surface area (Å²) >= 11 is 0. The fourth-order valence-electron chi connectivity index (χ4n) is 2.63. The molecule has 7 nitrogen and oxygen atoms in total. The van der Waals surface area contributed by atoms with Crippen LogP contribution in [-0.2, 0) is 33.3 Å². The van der Waals surface area contributed by atoms with Crippen molar-refractivity contribution in [2.75, 3.05) is 6.61 Å². The molecule has 0 bridgehead atoms. The van der Waals surface area contributed by atoms with Gasteiger partial charge in [-0.05, 0) is 5.56 Å². The predicted molar refractivity (Wildman–Crippen MR) is 81.8 cm³/mol. The summed E-state index contributed by atoms with van der Waals surface area (Å²) in [5.41, 5.74) is 0.770. The Bertz CT molecular complexity index is 598. The van der Waals surface area contributed by atoms with Crippen molar-refractivity contribution < 1.29 is 33.3 Å². The van der Waals surface area contributed by atoms with Crippen molar-refractivity contribution in [3.05, 3.63) is 35.9 Å². The molecule has 0 saturated carbocycles. The number of benzene rings is 1. The van der Waals surface area contributed by atoms with Crippen LogP contribution in [-0.4, -0.2) is 42.8 Å². The van der Waals surface area contributed by atoms with E-state index < -0.39 is 42.3 Å². The molecular formula is C17H20O7. The Morgan fingerprint density at radius 2 is 1.50 bits per heavy atom. The average molecular weight is 336 g/mol. The molecule has 1 heterocycles. The van der Waals surface area contributed by atoms with Gasteiger partial charge in [0.2, 0.25) is 0 Å². The first kappa shape index (κ1) is 17.9.